The lowest BCUT2D eigenvalue weighted by atomic mass is 9.97. The van der Waals surface area contributed by atoms with Crippen LogP contribution in [0.2, 0.25) is 0 Å². The fourth-order valence-corrected chi connectivity index (χ4v) is 4.47. The van der Waals surface area contributed by atoms with Gasteiger partial charge in [-0.15, -0.1) is 0 Å². The summed E-state index contributed by atoms with van der Waals surface area (Å²) in [4.78, 5) is 41.5. The molecule has 150 valence electrons. The number of hydrogen-bond acceptors (Lipinski definition) is 5. The number of carbonyl (C=O) groups excluding carboxylic acids is 3. The van der Waals surface area contributed by atoms with E-state index in [0.717, 1.165) is 45.3 Å². The van der Waals surface area contributed by atoms with Crippen LogP contribution in [0.1, 0.15) is 56.8 Å². The minimum absolute atomic E-state index is 0.0681. The van der Waals surface area contributed by atoms with E-state index < -0.39 is 0 Å². The Morgan fingerprint density at radius 2 is 2.00 bits per heavy atom. The predicted octanol–water partition coefficient (Wildman–Crippen LogP) is 1.53. The number of hydrogen-bond donors (Lipinski definition) is 1. The monoisotopic (exact) mass is 385 g/mol. The summed E-state index contributed by atoms with van der Waals surface area (Å²) >= 11 is 0. The SMILES string of the molecule is CNCC1CCCN(C(=O)c2ccc3c(c2)C(=O)N(CC2CCCO2)C3=O)C1. The van der Waals surface area contributed by atoms with E-state index in [1.807, 2.05) is 11.9 Å². The van der Waals surface area contributed by atoms with Crippen LogP contribution in [0.15, 0.2) is 18.2 Å². The fourth-order valence-electron chi connectivity index (χ4n) is 4.47. The van der Waals surface area contributed by atoms with Gasteiger partial charge in [-0.25, -0.2) is 0 Å². The van der Waals surface area contributed by atoms with Crippen LogP contribution in [0.25, 0.3) is 0 Å². The summed E-state index contributed by atoms with van der Waals surface area (Å²) < 4.78 is 5.57. The first-order valence-corrected chi connectivity index (χ1v) is 10.1. The number of nitrogens with zero attached hydrogens (tertiary/aromatic N) is 2. The van der Waals surface area contributed by atoms with Gasteiger partial charge in [0.15, 0.2) is 0 Å². The molecule has 3 aliphatic rings. The standard InChI is InChI=1S/C21H27N3O4/c1-22-11-14-4-2-8-23(12-14)19(25)15-6-7-17-18(10-15)21(27)24(20(17)26)13-16-5-3-9-28-16/h6-7,10,14,16,22H,2-5,8-9,11-13H2,1H3. The number of carbonyl (C=O) groups is 3. The molecule has 2 atom stereocenters. The molecule has 0 spiro atoms. The molecule has 28 heavy (non-hydrogen) atoms. The summed E-state index contributed by atoms with van der Waals surface area (Å²) in [5.41, 5.74) is 1.19. The number of fused-ring (bicyclic) bond motifs is 1. The van der Waals surface area contributed by atoms with Crippen LogP contribution in [-0.4, -0.2) is 73.5 Å². The maximum Gasteiger partial charge on any atom is 0.261 e. The van der Waals surface area contributed by atoms with Crippen molar-refractivity contribution in [1.82, 2.24) is 15.1 Å². The maximum absolute atomic E-state index is 13.0. The molecular weight excluding hydrogens is 358 g/mol. The predicted molar refractivity (Wildman–Crippen MR) is 103 cm³/mol. The summed E-state index contributed by atoms with van der Waals surface area (Å²) in [6, 6.07) is 4.88. The summed E-state index contributed by atoms with van der Waals surface area (Å²) in [5, 5.41) is 3.18. The third-order valence-corrected chi connectivity index (χ3v) is 5.93. The summed E-state index contributed by atoms with van der Waals surface area (Å²) in [6.45, 7) is 3.30. The van der Waals surface area contributed by atoms with Gasteiger partial charge in [-0.05, 0) is 63.4 Å². The maximum atomic E-state index is 13.0. The zero-order valence-electron chi connectivity index (χ0n) is 16.3. The minimum Gasteiger partial charge on any atom is -0.376 e. The number of ether oxygens (including phenoxy) is 1. The van der Waals surface area contributed by atoms with E-state index in [0.29, 0.717) is 29.2 Å². The van der Waals surface area contributed by atoms with Gasteiger partial charge in [0, 0.05) is 25.3 Å². The molecule has 7 heteroatoms. The second-order valence-electron chi connectivity index (χ2n) is 7.93. The number of rotatable bonds is 5. The van der Waals surface area contributed by atoms with Crippen LogP contribution < -0.4 is 5.32 Å². The van der Waals surface area contributed by atoms with Gasteiger partial charge >= 0.3 is 0 Å². The highest BCUT2D eigenvalue weighted by Crippen LogP contribution is 2.27. The van der Waals surface area contributed by atoms with Crippen LogP contribution >= 0.6 is 0 Å². The Morgan fingerprint density at radius 3 is 2.75 bits per heavy atom. The van der Waals surface area contributed by atoms with Crippen molar-refractivity contribution in [3.8, 4) is 0 Å². The molecule has 2 unspecified atom stereocenters. The average molecular weight is 385 g/mol. The van der Waals surface area contributed by atoms with E-state index in [-0.39, 0.29) is 30.4 Å². The summed E-state index contributed by atoms with van der Waals surface area (Å²) in [5.74, 6) is -0.234. The lowest BCUT2D eigenvalue weighted by Gasteiger charge is -2.32. The van der Waals surface area contributed by atoms with Gasteiger partial charge in [0.25, 0.3) is 17.7 Å². The molecule has 3 heterocycles. The van der Waals surface area contributed by atoms with Crippen molar-refractivity contribution in [2.24, 2.45) is 5.92 Å². The van der Waals surface area contributed by atoms with E-state index >= 15 is 0 Å². The highest BCUT2D eigenvalue weighted by molar-refractivity contribution is 6.22. The zero-order valence-corrected chi connectivity index (χ0v) is 16.3. The van der Waals surface area contributed by atoms with Gasteiger partial charge in [-0.1, -0.05) is 0 Å². The first-order valence-electron chi connectivity index (χ1n) is 10.1. The normalized spacial score (nSPS) is 24.8. The van der Waals surface area contributed by atoms with Gasteiger partial charge in [-0.2, -0.15) is 0 Å². The molecule has 0 radical (unpaired) electrons. The Balaban J connectivity index is 1.50. The van der Waals surface area contributed by atoms with Crippen molar-refractivity contribution in [3.05, 3.63) is 34.9 Å². The van der Waals surface area contributed by atoms with Crippen molar-refractivity contribution in [1.29, 1.82) is 0 Å². The van der Waals surface area contributed by atoms with Gasteiger partial charge < -0.3 is 15.0 Å². The molecule has 0 bridgehead atoms. The van der Waals surface area contributed by atoms with Crippen LogP contribution in [0.4, 0.5) is 0 Å². The number of amides is 3. The Hall–Kier alpha value is -2.25. The molecule has 7 nitrogen and oxygen atoms in total. The molecule has 2 fully saturated rings. The van der Waals surface area contributed by atoms with E-state index in [1.165, 1.54) is 4.90 Å². The smallest absolute Gasteiger partial charge is 0.261 e. The molecule has 2 saturated heterocycles. The second kappa shape index (κ2) is 8.01. The van der Waals surface area contributed by atoms with Crippen molar-refractivity contribution in [2.45, 2.75) is 31.8 Å². The lowest BCUT2D eigenvalue weighted by Crippen LogP contribution is -2.42. The highest BCUT2D eigenvalue weighted by atomic mass is 16.5. The molecule has 0 saturated carbocycles. The molecular formula is C21H27N3O4. The van der Waals surface area contributed by atoms with Gasteiger partial charge in [-0.3, -0.25) is 19.3 Å². The van der Waals surface area contributed by atoms with Gasteiger partial charge in [0.2, 0.25) is 0 Å². The van der Waals surface area contributed by atoms with Crippen LogP contribution in [0.3, 0.4) is 0 Å². The Bertz CT molecular complexity index is 786. The first-order chi connectivity index (χ1) is 13.6. The van der Waals surface area contributed by atoms with Crippen LogP contribution in [-0.2, 0) is 4.74 Å². The Morgan fingerprint density at radius 1 is 1.18 bits per heavy atom. The molecule has 4 rings (SSSR count). The number of benzene rings is 1. The fraction of sp³-hybridized carbons (Fsp3) is 0.571. The van der Waals surface area contributed by atoms with Crippen LogP contribution in [0.5, 0.6) is 0 Å². The van der Waals surface area contributed by atoms with Crippen molar-refractivity contribution in [3.63, 3.8) is 0 Å². The Labute approximate surface area is 165 Å². The third-order valence-electron chi connectivity index (χ3n) is 5.93. The first kappa shape index (κ1) is 19.1. The Kier molecular flexibility index (Phi) is 5.46. The topological polar surface area (TPSA) is 79.0 Å². The highest BCUT2D eigenvalue weighted by Gasteiger charge is 2.38. The molecule has 0 aliphatic carbocycles. The molecule has 1 aromatic rings. The molecule has 1 aromatic carbocycles. The van der Waals surface area contributed by atoms with Crippen molar-refractivity contribution >= 4 is 17.7 Å². The van der Waals surface area contributed by atoms with Crippen molar-refractivity contribution < 1.29 is 19.1 Å². The third kappa shape index (κ3) is 3.56. The summed E-state index contributed by atoms with van der Waals surface area (Å²) in [6.07, 6.45) is 3.83. The van der Waals surface area contributed by atoms with E-state index in [4.69, 9.17) is 4.74 Å². The van der Waals surface area contributed by atoms with Crippen LogP contribution in [0, 0.1) is 5.92 Å². The molecule has 3 aliphatic heterocycles. The van der Waals surface area contributed by atoms with Crippen molar-refractivity contribution in [2.75, 3.05) is 39.8 Å². The van der Waals surface area contributed by atoms with Gasteiger partial charge in [0.1, 0.15) is 0 Å². The summed E-state index contributed by atoms with van der Waals surface area (Å²) in [7, 11) is 1.92. The lowest BCUT2D eigenvalue weighted by molar-refractivity contribution is 0.0475. The van der Waals surface area contributed by atoms with E-state index in [1.54, 1.807) is 18.2 Å². The van der Waals surface area contributed by atoms with E-state index in [2.05, 4.69) is 5.32 Å². The quantitative estimate of drug-likeness (QED) is 0.778. The molecule has 1 N–H and O–H groups in total. The van der Waals surface area contributed by atoms with E-state index in [9.17, 15) is 14.4 Å². The number of imide groups is 1. The van der Waals surface area contributed by atoms with Gasteiger partial charge in [0.05, 0.1) is 23.8 Å². The largest absolute Gasteiger partial charge is 0.376 e. The molecule has 0 aromatic heterocycles. The minimum atomic E-state index is -0.322. The number of piperidine rings is 1. The second-order valence-corrected chi connectivity index (χ2v) is 7.93. The average Bonchev–Trinajstić information content (AvgIpc) is 3.31. The number of likely N-dealkylation sites (tertiary alicyclic amines) is 1. The zero-order chi connectivity index (χ0) is 19.7. The number of nitrogens with one attached hydrogen (secondary N) is 1. The molecule has 3 amide bonds.